The molecule has 4 rings (SSSR count). The summed E-state index contributed by atoms with van der Waals surface area (Å²) < 4.78 is 9.39. The van der Waals surface area contributed by atoms with E-state index in [1.165, 1.54) is 4.57 Å². The molecule has 4 heterocycles. The molecule has 0 amide bonds. The lowest BCUT2D eigenvalue weighted by atomic mass is 10.3. The van der Waals surface area contributed by atoms with Crippen LogP contribution in [0.25, 0.3) is 11.2 Å². The van der Waals surface area contributed by atoms with E-state index in [4.69, 9.17) is 10.5 Å². The minimum Gasteiger partial charge on any atom is -0.471 e. The van der Waals surface area contributed by atoms with E-state index in [0.29, 0.717) is 24.9 Å². The molecule has 1 atom stereocenters. The molecule has 1 aliphatic heterocycles. The standard InChI is InChI=1S/C21H27N7O4/c1-3-4-9-27-17-18(24-20(27)26-10-7-14(22)11-26)25(2)21(31)28(19(17)30)12-15(29)13-32-16-6-5-8-23-16/h3-6,8,14,23H,7,9-13,22H2,1-2H3/b4-3+. The van der Waals surface area contributed by atoms with E-state index in [1.54, 1.807) is 29.9 Å². The first-order valence-corrected chi connectivity index (χ1v) is 10.5. The second-order valence-electron chi connectivity index (χ2n) is 7.85. The zero-order chi connectivity index (χ0) is 22.8. The van der Waals surface area contributed by atoms with Crippen molar-refractivity contribution in [3.05, 3.63) is 51.3 Å². The Bertz CT molecular complexity index is 1270. The van der Waals surface area contributed by atoms with Gasteiger partial charge < -0.3 is 24.9 Å². The summed E-state index contributed by atoms with van der Waals surface area (Å²) in [7, 11) is 1.55. The average Bonchev–Trinajstić information content (AvgIpc) is 3.52. The second kappa shape index (κ2) is 8.87. The van der Waals surface area contributed by atoms with Gasteiger partial charge in [-0.15, -0.1) is 0 Å². The maximum Gasteiger partial charge on any atom is 0.332 e. The number of hydrogen-bond acceptors (Lipinski definition) is 7. The molecule has 3 N–H and O–H groups in total. The number of ether oxygens (including phenoxy) is 1. The van der Waals surface area contributed by atoms with E-state index in [1.807, 2.05) is 24.0 Å². The first kappa shape index (κ1) is 21.6. The van der Waals surface area contributed by atoms with Gasteiger partial charge in [-0.1, -0.05) is 12.2 Å². The average molecular weight is 441 g/mol. The van der Waals surface area contributed by atoms with Crippen LogP contribution in [0.4, 0.5) is 5.95 Å². The number of ketones is 1. The topological polar surface area (TPSA) is 133 Å². The van der Waals surface area contributed by atoms with Crippen LogP contribution in [0.3, 0.4) is 0 Å². The molecule has 1 saturated heterocycles. The molecule has 1 aliphatic rings. The molecule has 0 aliphatic carbocycles. The maximum atomic E-state index is 13.4. The van der Waals surface area contributed by atoms with E-state index in [2.05, 4.69) is 9.97 Å². The molecule has 11 heteroatoms. The van der Waals surface area contributed by atoms with Gasteiger partial charge in [0, 0.05) is 38.9 Å². The smallest absolute Gasteiger partial charge is 0.332 e. The third kappa shape index (κ3) is 3.98. The Hall–Kier alpha value is -3.60. The zero-order valence-corrected chi connectivity index (χ0v) is 18.2. The van der Waals surface area contributed by atoms with E-state index < -0.39 is 17.0 Å². The number of anilines is 1. The molecule has 3 aromatic heterocycles. The van der Waals surface area contributed by atoms with Crippen molar-refractivity contribution in [2.45, 2.75) is 32.5 Å². The minimum absolute atomic E-state index is 0.0303. The van der Waals surface area contributed by atoms with Crippen molar-refractivity contribution in [2.24, 2.45) is 12.8 Å². The van der Waals surface area contributed by atoms with Gasteiger partial charge >= 0.3 is 5.69 Å². The predicted octanol–water partition coefficient (Wildman–Crippen LogP) is -0.0136. The number of aromatic nitrogens is 5. The van der Waals surface area contributed by atoms with E-state index >= 15 is 0 Å². The normalized spacial score (nSPS) is 16.5. The van der Waals surface area contributed by atoms with Crippen molar-refractivity contribution in [2.75, 3.05) is 24.6 Å². The molecule has 1 fully saturated rings. The molecule has 32 heavy (non-hydrogen) atoms. The highest BCUT2D eigenvalue weighted by Crippen LogP contribution is 2.23. The molecule has 0 aromatic carbocycles. The van der Waals surface area contributed by atoms with Crippen LogP contribution in [0.1, 0.15) is 13.3 Å². The Balaban J connectivity index is 1.75. The lowest BCUT2D eigenvalue weighted by molar-refractivity contribution is -0.121. The summed E-state index contributed by atoms with van der Waals surface area (Å²) in [6.45, 7) is 2.99. The van der Waals surface area contributed by atoms with Crippen LogP contribution in [-0.2, 0) is 24.9 Å². The number of allylic oxidation sites excluding steroid dienone is 2. The Morgan fingerprint density at radius 2 is 2.19 bits per heavy atom. The monoisotopic (exact) mass is 441 g/mol. The summed E-state index contributed by atoms with van der Waals surface area (Å²) in [5.41, 5.74) is 5.47. The molecular weight excluding hydrogens is 414 g/mol. The van der Waals surface area contributed by atoms with Crippen LogP contribution in [-0.4, -0.2) is 55.2 Å². The van der Waals surface area contributed by atoms with Gasteiger partial charge in [0.05, 0.1) is 6.54 Å². The number of Topliss-reactive ketones (excluding diaryl/α,β-unsaturated/α-hetero) is 1. The highest BCUT2D eigenvalue weighted by Gasteiger charge is 2.27. The molecule has 170 valence electrons. The van der Waals surface area contributed by atoms with Crippen LogP contribution in [0.15, 0.2) is 40.1 Å². The SMILES string of the molecule is C/C=C/Cn1c(N2CCC(N)C2)nc2c1c(=O)n(CC(=O)COc1ccc[nH]1)c(=O)n2C. The first-order chi connectivity index (χ1) is 15.4. The number of rotatable bonds is 8. The second-order valence-corrected chi connectivity index (χ2v) is 7.85. The quantitative estimate of drug-likeness (QED) is 0.470. The Morgan fingerprint density at radius 1 is 1.38 bits per heavy atom. The highest BCUT2D eigenvalue weighted by molar-refractivity contribution is 5.80. The molecular formula is C21H27N7O4. The Morgan fingerprint density at radius 3 is 2.84 bits per heavy atom. The number of nitrogens with one attached hydrogen (secondary N) is 1. The number of imidazole rings is 1. The van der Waals surface area contributed by atoms with Gasteiger partial charge in [0.1, 0.15) is 6.61 Å². The molecule has 0 radical (unpaired) electrons. The van der Waals surface area contributed by atoms with Gasteiger partial charge in [-0.25, -0.2) is 4.79 Å². The summed E-state index contributed by atoms with van der Waals surface area (Å²) in [6.07, 6.45) is 6.29. The number of nitrogens with two attached hydrogens (primary N) is 1. The molecule has 3 aromatic rings. The summed E-state index contributed by atoms with van der Waals surface area (Å²) in [6, 6.07) is 3.45. The van der Waals surface area contributed by atoms with Gasteiger partial charge in [0.15, 0.2) is 22.8 Å². The van der Waals surface area contributed by atoms with E-state index in [-0.39, 0.29) is 30.4 Å². The van der Waals surface area contributed by atoms with Crippen molar-refractivity contribution < 1.29 is 9.53 Å². The van der Waals surface area contributed by atoms with Gasteiger partial charge in [-0.05, 0) is 25.5 Å². The van der Waals surface area contributed by atoms with E-state index in [0.717, 1.165) is 17.5 Å². The fraction of sp³-hybridized carbons (Fsp3) is 0.429. The Kier molecular flexibility index (Phi) is 5.99. The number of fused-ring (bicyclic) bond motifs is 1. The van der Waals surface area contributed by atoms with Crippen LogP contribution in [0.5, 0.6) is 5.88 Å². The molecule has 11 nitrogen and oxygen atoms in total. The predicted molar refractivity (Wildman–Crippen MR) is 120 cm³/mol. The number of nitrogens with zero attached hydrogens (tertiary/aromatic N) is 5. The summed E-state index contributed by atoms with van der Waals surface area (Å²) in [5.74, 6) is 0.632. The molecule has 1 unspecified atom stereocenters. The highest BCUT2D eigenvalue weighted by atomic mass is 16.5. The van der Waals surface area contributed by atoms with Gasteiger partial charge in [-0.3, -0.25) is 18.7 Å². The Labute approximate surface area is 183 Å². The first-order valence-electron chi connectivity index (χ1n) is 10.5. The van der Waals surface area contributed by atoms with Crippen LogP contribution in [0, 0.1) is 0 Å². The van der Waals surface area contributed by atoms with E-state index in [9.17, 15) is 14.4 Å². The van der Waals surface area contributed by atoms with Crippen LogP contribution < -0.4 is 26.6 Å². The third-order valence-corrected chi connectivity index (χ3v) is 5.54. The van der Waals surface area contributed by atoms with Gasteiger partial charge in [-0.2, -0.15) is 4.98 Å². The fourth-order valence-corrected chi connectivity index (χ4v) is 3.88. The molecule has 0 bridgehead atoms. The maximum absolute atomic E-state index is 13.4. The van der Waals surface area contributed by atoms with Crippen LogP contribution >= 0.6 is 0 Å². The largest absolute Gasteiger partial charge is 0.471 e. The lowest BCUT2D eigenvalue weighted by Crippen LogP contribution is -2.42. The lowest BCUT2D eigenvalue weighted by Gasteiger charge is -2.18. The number of aromatic amines is 1. The summed E-state index contributed by atoms with van der Waals surface area (Å²) in [4.78, 5) is 48.2. The van der Waals surface area contributed by atoms with Crippen molar-refractivity contribution in [3.8, 4) is 5.88 Å². The number of hydrogen-bond donors (Lipinski definition) is 2. The number of aryl methyl sites for hydroxylation is 1. The van der Waals surface area contributed by atoms with Crippen molar-refractivity contribution in [1.29, 1.82) is 0 Å². The fourth-order valence-electron chi connectivity index (χ4n) is 3.88. The number of H-pyrrole nitrogens is 1. The zero-order valence-electron chi connectivity index (χ0n) is 18.2. The van der Waals surface area contributed by atoms with Crippen molar-refractivity contribution in [1.82, 2.24) is 23.7 Å². The summed E-state index contributed by atoms with van der Waals surface area (Å²) in [5, 5.41) is 0. The molecule has 0 saturated carbocycles. The number of carbonyl (C=O) groups excluding carboxylic acids is 1. The summed E-state index contributed by atoms with van der Waals surface area (Å²) >= 11 is 0. The van der Waals surface area contributed by atoms with Gasteiger partial charge in [0.2, 0.25) is 5.95 Å². The van der Waals surface area contributed by atoms with Crippen LogP contribution in [0.2, 0.25) is 0 Å². The van der Waals surface area contributed by atoms with Gasteiger partial charge in [0.25, 0.3) is 5.56 Å². The number of carbonyl (C=O) groups is 1. The third-order valence-electron chi connectivity index (χ3n) is 5.54. The minimum atomic E-state index is -0.601. The molecule has 0 spiro atoms. The van der Waals surface area contributed by atoms with Crippen molar-refractivity contribution >= 4 is 22.9 Å². The van der Waals surface area contributed by atoms with Crippen molar-refractivity contribution in [3.63, 3.8) is 0 Å².